The summed E-state index contributed by atoms with van der Waals surface area (Å²) in [7, 11) is 0. The van der Waals surface area contributed by atoms with Gasteiger partial charge in [-0.1, -0.05) is 238 Å². The van der Waals surface area contributed by atoms with E-state index in [2.05, 4.69) is 201 Å². The summed E-state index contributed by atoms with van der Waals surface area (Å²) in [6.07, 6.45) is 11.9. The van der Waals surface area contributed by atoms with Gasteiger partial charge in [-0.25, -0.2) is 0 Å². The van der Waals surface area contributed by atoms with Gasteiger partial charge in [0.1, 0.15) is -0.565 Å². The van der Waals surface area contributed by atoms with Crippen molar-refractivity contribution < 1.29 is 18.6 Å². The molecule has 0 N–H and O–H groups in total. The van der Waals surface area contributed by atoms with Crippen molar-refractivity contribution in [2.75, 3.05) is 0 Å². The Kier molecular flexibility index (Phi) is 150. The quantitative estimate of drug-likeness (QED) is 0.141. The molecule has 0 aliphatic rings. The average Bonchev–Trinajstić information content (AvgIpc) is 2.69. The summed E-state index contributed by atoms with van der Waals surface area (Å²) in [5.74, 6) is 2.69. The maximum atomic E-state index is 2.35. The summed E-state index contributed by atoms with van der Waals surface area (Å²) in [4.78, 5) is 0. The molecule has 5 heteroatoms. The minimum atomic E-state index is 0. The molecule has 0 amide bonds. The van der Waals surface area contributed by atoms with Crippen LogP contribution in [0.2, 0.25) is 0 Å². The van der Waals surface area contributed by atoms with E-state index in [-0.39, 0.29) is 33.4 Å². The van der Waals surface area contributed by atoms with Gasteiger partial charge in [-0.05, 0) is 31.1 Å². The van der Waals surface area contributed by atoms with E-state index in [0.717, 1.165) is 17.8 Å². The van der Waals surface area contributed by atoms with Crippen molar-refractivity contribution >= 4 is 90.4 Å². The zero-order valence-electron chi connectivity index (χ0n) is 28.1. The SMILES string of the molecule is C.C.CC(C)C.CC(I)(I)I.CCC.CCC.CCC.CCC(C)CC(C)CC.CCCCC.C[CH-]I.[V]. The third-order valence-electron chi connectivity index (χ3n) is 2.91. The topological polar surface area (TPSA) is 0 Å². The molecule has 0 aromatic carbocycles. The van der Waals surface area contributed by atoms with Crippen molar-refractivity contribution in [1.29, 1.82) is 0 Å². The van der Waals surface area contributed by atoms with Gasteiger partial charge in [0.05, 0.1) is 0 Å². The summed E-state index contributed by atoms with van der Waals surface area (Å²) in [5.41, 5.74) is 0. The van der Waals surface area contributed by atoms with E-state index >= 15 is 0 Å². The third kappa shape index (κ3) is 321. The van der Waals surface area contributed by atoms with Crippen LogP contribution in [0.3, 0.4) is 0 Å². The summed E-state index contributed by atoms with van der Waals surface area (Å²) in [6.45, 7) is 37.0. The van der Waals surface area contributed by atoms with Crippen LogP contribution in [0, 0.1) is 22.2 Å². The molecule has 2 atom stereocenters. The van der Waals surface area contributed by atoms with E-state index in [1.165, 1.54) is 57.8 Å². The van der Waals surface area contributed by atoms with E-state index in [1.807, 2.05) is 11.4 Å². The molecule has 0 bridgehead atoms. The molecule has 2 unspecified atom stereocenters. The number of hydrogen-bond donors (Lipinski definition) is 0. The molecule has 247 valence electrons. The average molecular weight is 1040 g/mol. The fourth-order valence-corrected chi connectivity index (χ4v) is 1.37. The minimum Gasteiger partial charge on any atom is -0.316 e. The van der Waals surface area contributed by atoms with Crippen molar-refractivity contribution in [3.63, 3.8) is 0 Å². The number of unbranched alkanes of at least 4 members (excludes halogenated alkanes) is 2. The molecular formula is C33H81I4V-. The monoisotopic (exact) mass is 1040 g/mol. The number of rotatable bonds is 6. The predicted molar refractivity (Wildman–Crippen MR) is 225 cm³/mol. The molecule has 0 heterocycles. The Morgan fingerprint density at radius 2 is 0.737 bits per heavy atom. The molecule has 0 spiro atoms. The molecule has 0 aromatic heterocycles. The van der Waals surface area contributed by atoms with E-state index in [1.54, 1.807) is 0 Å². The first-order valence-corrected chi connectivity index (χ1v) is 18.9. The molecule has 0 aliphatic heterocycles. The van der Waals surface area contributed by atoms with E-state index in [4.69, 9.17) is 0 Å². The standard InChI is InChI=1S/C9H20.C5H12.C4H10.3C3H8.C2H3I3.C2H4I.2CH4.V/c1-5-8(3)7-9(4)6-2;1-3-5-4-2;1-4(2)3;3*1-3-2;1-2(3,4)5;1-2-3;;;/h8-9H,5-7H2,1-4H3;3-5H2,1-2H3;4H,1-3H3;3*3H2,1-2H3;1H3;2H,1H3;2*1H4;/q;;;;;;;-1;;;. The Hall–Kier alpha value is 3.50. The van der Waals surface area contributed by atoms with Gasteiger partial charge in [-0.3, -0.25) is 4.43 Å². The molecule has 0 saturated heterocycles. The van der Waals surface area contributed by atoms with Crippen molar-refractivity contribution in [2.45, 2.75) is 190 Å². The van der Waals surface area contributed by atoms with E-state index < -0.39 is 0 Å². The van der Waals surface area contributed by atoms with Gasteiger partial charge in [-0.15, -0.1) is 0 Å². The van der Waals surface area contributed by atoms with Crippen LogP contribution in [0.25, 0.3) is 0 Å². The maximum Gasteiger partial charge on any atom is 0.121 e. The summed E-state index contributed by atoms with van der Waals surface area (Å²) >= 11 is 9.22. The molecular weight excluding hydrogens is 955 g/mol. The molecule has 0 nitrogen and oxygen atoms in total. The van der Waals surface area contributed by atoms with Crippen LogP contribution in [0.5, 0.6) is 0 Å². The Balaban J connectivity index is -0.0000000251. The van der Waals surface area contributed by atoms with Crippen LogP contribution in [0.1, 0.15) is 190 Å². The second kappa shape index (κ2) is 77.8. The van der Waals surface area contributed by atoms with Gasteiger partial charge in [0.15, 0.2) is 0 Å². The molecule has 0 fully saturated rings. The fourth-order valence-electron chi connectivity index (χ4n) is 1.37. The largest absolute Gasteiger partial charge is 0.316 e. The molecule has 0 aliphatic carbocycles. The summed E-state index contributed by atoms with van der Waals surface area (Å²) < 4.78 is 2.38. The van der Waals surface area contributed by atoms with Gasteiger partial charge in [-0.2, -0.15) is 6.92 Å². The number of alkyl halides is 3. The van der Waals surface area contributed by atoms with Crippen molar-refractivity contribution in [3.8, 4) is 0 Å². The van der Waals surface area contributed by atoms with Crippen molar-refractivity contribution in [2.24, 2.45) is 17.8 Å². The van der Waals surface area contributed by atoms with Gasteiger partial charge >= 0.3 is 0 Å². The first-order chi connectivity index (χ1) is 16.0. The fraction of sp³-hybridized carbons (Fsp3) is 0.970. The minimum absolute atomic E-state index is 0. The second-order valence-corrected chi connectivity index (χ2v) is 23.4. The normalized spacial score (nSPS) is 9.63. The van der Waals surface area contributed by atoms with E-state index in [9.17, 15) is 0 Å². The van der Waals surface area contributed by atoms with Crippen LogP contribution < -0.4 is 0 Å². The second-order valence-electron chi connectivity index (χ2n) is 9.47. The molecule has 0 saturated carbocycles. The smallest absolute Gasteiger partial charge is 0.121 e. The first-order valence-electron chi connectivity index (χ1n) is 14.5. The predicted octanol–water partition coefficient (Wildman–Crippen LogP) is 17.4. The molecule has 1 radical (unpaired) electrons. The van der Waals surface area contributed by atoms with Gasteiger partial charge in [0.25, 0.3) is 0 Å². The van der Waals surface area contributed by atoms with Crippen molar-refractivity contribution in [1.82, 2.24) is 0 Å². The van der Waals surface area contributed by atoms with Crippen LogP contribution in [-0.2, 0) is 18.6 Å². The third-order valence-corrected chi connectivity index (χ3v) is 2.91. The first kappa shape index (κ1) is 73.2. The van der Waals surface area contributed by atoms with Crippen LogP contribution in [0.4, 0.5) is 0 Å². The maximum absolute atomic E-state index is 2.35. The molecule has 38 heavy (non-hydrogen) atoms. The van der Waals surface area contributed by atoms with Crippen molar-refractivity contribution in [3.05, 3.63) is 4.43 Å². The molecule has 0 rings (SSSR count). The summed E-state index contributed by atoms with van der Waals surface area (Å²) in [6, 6.07) is 0. The van der Waals surface area contributed by atoms with E-state index in [0.29, 0.717) is -0.565 Å². The van der Waals surface area contributed by atoms with Gasteiger partial charge < -0.3 is 22.6 Å². The Bertz CT molecular complexity index is 219. The van der Waals surface area contributed by atoms with Gasteiger partial charge in [0, 0.05) is 18.6 Å². The number of halogens is 4. The zero-order valence-corrected chi connectivity index (χ0v) is 38.2. The Morgan fingerprint density at radius 1 is 0.605 bits per heavy atom. The van der Waals surface area contributed by atoms with Crippen LogP contribution >= 0.6 is 90.4 Å². The summed E-state index contributed by atoms with van der Waals surface area (Å²) in [5, 5.41) is 0. The van der Waals surface area contributed by atoms with Crippen LogP contribution in [-0.4, -0.2) is -0.565 Å². The zero-order chi connectivity index (χ0) is 30.3. The molecule has 0 aromatic rings. The van der Waals surface area contributed by atoms with Crippen LogP contribution in [0.15, 0.2) is 0 Å². The number of hydrogen-bond acceptors (Lipinski definition) is 0. The van der Waals surface area contributed by atoms with Gasteiger partial charge in [0.2, 0.25) is 0 Å². The Labute approximate surface area is 317 Å². The Morgan fingerprint density at radius 3 is 0.789 bits per heavy atom.